The molecular weight excluding hydrogens is 488 g/mol. The Kier molecular flexibility index (Phi) is 5.05. The van der Waals surface area contributed by atoms with Gasteiger partial charge in [0, 0.05) is 43.7 Å². The number of nitrogens with zero attached hydrogens (tertiary/aromatic N) is 5. The smallest absolute Gasteiger partial charge is 0.261 e. The second kappa shape index (κ2) is 8.46. The van der Waals surface area contributed by atoms with Crippen LogP contribution < -0.4 is 10.2 Å². The molecule has 1 aromatic carbocycles. The summed E-state index contributed by atoms with van der Waals surface area (Å²) in [7, 11) is 0. The first kappa shape index (κ1) is 22.1. The third-order valence-corrected chi connectivity index (χ3v) is 7.79. The van der Waals surface area contributed by atoms with Gasteiger partial charge in [-0.15, -0.1) is 0 Å². The molecule has 0 spiro atoms. The van der Waals surface area contributed by atoms with Crippen LogP contribution >= 0.6 is 12.2 Å². The maximum absolute atomic E-state index is 13.2. The lowest BCUT2D eigenvalue weighted by atomic mass is 9.94. The van der Waals surface area contributed by atoms with Crippen molar-refractivity contribution in [1.82, 2.24) is 19.6 Å². The van der Waals surface area contributed by atoms with Gasteiger partial charge in [0.1, 0.15) is 10.6 Å². The number of pyridine rings is 1. The lowest BCUT2D eigenvalue weighted by molar-refractivity contribution is -0.123. The number of para-hydroxylation sites is 1. The molecule has 1 fully saturated rings. The number of nitrogens with one attached hydrogen (secondary N) is 1. The van der Waals surface area contributed by atoms with Gasteiger partial charge in [0.25, 0.3) is 11.8 Å². The molecule has 4 aliphatic rings. The van der Waals surface area contributed by atoms with E-state index in [0.717, 1.165) is 41.3 Å². The average molecular weight is 511 g/mol. The highest BCUT2D eigenvalue weighted by Gasteiger charge is 2.41. The number of thiocarbonyl (C=S) groups is 1. The van der Waals surface area contributed by atoms with Gasteiger partial charge in [-0.1, -0.05) is 36.5 Å². The molecule has 0 radical (unpaired) electrons. The zero-order valence-electron chi connectivity index (χ0n) is 19.8. The van der Waals surface area contributed by atoms with Gasteiger partial charge < -0.3 is 14.5 Å². The van der Waals surface area contributed by atoms with Crippen LogP contribution in [0.3, 0.4) is 0 Å². The van der Waals surface area contributed by atoms with E-state index >= 15 is 0 Å². The van der Waals surface area contributed by atoms with Crippen LogP contribution in [0.4, 0.5) is 5.69 Å². The van der Waals surface area contributed by atoms with Gasteiger partial charge in [0.2, 0.25) is 0 Å². The topological polar surface area (TPSA) is 91.5 Å². The van der Waals surface area contributed by atoms with E-state index in [1.165, 1.54) is 0 Å². The summed E-state index contributed by atoms with van der Waals surface area (Å²) in [4.78, 5) is 40.7. The number of anilines is 1. The number of imide groups is 1. The molecule has 4 aliphatic heterocycles. The first-order valence-electron chi connectivity index (χ1n) is 12.2. The SMILES string of the molecule is O=C1NC(=O)C(c2cnc3ccccn23)=C1C1=NC=CN2c3c(cccc31)CC2C(=S)N1CCOCC1. The van der Waals surface area contributed by atoms with Crippen LogP contribution in [0.2, 0.25) is 0 Å². The zero-order chi connectivity index (χ0) is 25.1. The molecule has 2 amide bonds. The first-order valence-corrected chi connectivity index (χ1v) is 12.6. The molecule has 0 bridgehead atoms. The van der Waals surface area contributed by atoms with Gasteiger partial charge in [-0.2, -0.15) is 0 Å². The Labute approximate surface area is 217 Å². The van der Waals surface area contributed by atoms with Crippen molar-refractivity contribution < 1.29 is 14.3 Å². The largest absolute Gasteiger partial charge is 0.378 e. The second-order valence-electron chi connectivity index (χ2n) is 9.26. The number of carbonyl (C=O) groups is 2. The van der Waals surface area contributed by atoms with Crippen molar-refractivity contribution in [3.05, 3.63) is 83.6 Å². The Hall–Kier alpha value is -4.15. The number of benzene rings is 1. The molecule has 7 rings (SSSR count). The summed E-state index contributed by atoms with van der Waals surface area (Å²) in [6, 6.07) is 11.6. The van der Waals surface area contributed by atoms with Crippen LogP contribution in [0.5, 0.6) is 0 Å². The van der Waals surface area contributed by atoms with E-state index in [-0.39, 0.29) is 17.2 Å². The summed E-state index contributed by atoms with van der Waals surface area (Å²) in [5.74, 6) is -0.931. The summed E-state index contributed by atoms with van der Waals surface area (Å²) < 4.78 is 7.32. The highest BCUT2D eigenvalue weighted by Crippen LogP contribution is 2.40. The molecule has 10 heteroatoms. The van der Waals surface area contributed by atoms with Crippen LogP contribution in [0.1, 0.15) is 16.8 Å². The van der Waals surface area contributed by atoms with Gasteiger partial charge >= 0.3 is 0 Å². The zero-order valence-corrected chi connectivity index (χ0v) is 20.6. The van der Waals surface area contributed by atoms with Gasteiger partial charge in [0.15, 0.2) is 0 Å². The molecule has 6 heterocycles. The molecule has 1 N–H and O–H groups in total. The number of fused-ring (bicyclic) bond motifs is 1. The minimum atomic E-state index is -0.470. The highest BCUT2D eigenvalue weighted by atomic mass is 32.1. The fourth-order valence-electron chi connectivity index (χ4n) is 5.59. The molecule has 1 atom stereocenters. The monoisotopic (exact) mass is 510 g/mol. The predicted octanol–water partition coefficient (Wildman–Crippen LogP) is 2.11. The fourth-order valence-corrected chi connectivity index (χ4v) is 5.96. The van der Waals surface area contributed by atoms with Crippen molar-refractivity contribution in [2.45, 2.75) is 12.5 Å². The molecule has 1 unspecified atom stereocenters. The van der Waals surface area contributed by atoms with Gasteiger partial charge in [0.05, 0.1) is 53.7 Å². The summed E-state index contributed by atoms with van der Waals surface area (Å²) in [6.45, 7) is 2.88. The number of ether oxygens (including phenoxy) is 1. The average Bonchev–Trinajstić information content (AvgIpc) is 3.55. The summed E-state index contributed by atoms with van der Waals surface area (Å²) in [6.07, 6.45) is 7.81. The normalized spacial score (nSPS) is 20.9. The van der Waals surface area contributed by atoms with Gasteiger partial charge in [-0.05, 0) is 17.7 Å². The molecule has 1 saturated heterocycles. The number of imidazole rings is 1. The van der Waals surface area contributed by atoms with Gasteiger partial charge in [-0.3, -0.25) is 24.3 Å². The van der Waals surface area contributed by atoms with Crippen LogP contribution in [0.25, 0.3) is 11.2 Å². The number of morpholine rings is 1. The van der Waals surface area contributed by atoms with E-state index in [1.807, 2.05) is 42.7 Å². The maximum Gasteiger partial charge on any atom is 0.261 e. The molecule has 9 nitrogen and oxygen atoms in total. The Morgan fingerprint density at radius 2 is 1.89 bits per heavy atom. The molecule has 0 aliphatic carbocycles. The van der Waals surface area contributed by atoms with Crippen molar-refractivity contribution >= 4 is 51.6 Å². The van der Waals surface area contributed by atoms with Crippen molar-refractivity contribution in [2.75, 3.05) is 31.2 Å². The first-order chi connectivity index (χ1) is 18.1. The summed E-state index contributed by atoms with van der Waals surface area (Å²) in [5, 5.41) is 2.48. The second-order valence-corrected chi connectivity index (χ2v) is 9.68. The minimum Gasteiger partial charge on any atom is -0.378 e. The van der Waals surface area contributed by atoms with E-state index in [2.05, 4.69) is 26.2 Å². The Morgan fingerprint density at radius 1 is 1.05 bits per heavy atom. The van der Waals surface area contributed by atoms with Crippen molar-refractivity contribution in [1.29, 1.82) is 0 Å². The molecule has 37 heavy (non-hydrogen) atoms. The predicted molar refractivity (Wildman–Crippen MR) is 142 cm³/mol. The van der Waals surface area contributed by atoms with E-state index < -0.39 is 11.8 Å². The quantitative estimate of drug-likeness (QED) is 0.426. The molecule has 3 aromatic rings. The fraction of sp³-hybridized carbons (Fsp3) is 0.222. The van der Waals surface area contributed by atoms with E-state index in [9.17, 15) is 9.59 Å². The van der Waals surface area contributed by atoms with Crippen LogP contribution in [0.15, 0.2) is 71.8 Å². The maximum atomic E-state index is 13.2. The number of carbonyl (C=O) groups excluding carboxylic acids is 2. The standard InChI is InChI=1S/C27H22N6O3S/c34-25-21(19-15-29-20-6-1-2-8-32(19)20)22(26(35)30-25)23-17-5-3-4-16-14-18(33(24(16)17)9-7-28-23)27(37)31-10-12-36-13-11-31/h1-9,15,18H,10-14H2,(H,30,34,35). The number of amides is 2. The highest BCUT2D eigenvalue weighted by molar-refractivity contribution is 7.80. The van der Waals surface area contributed by atoms with Crippen molar-refractivity contribution in [3.8, 4) is 0 Å². The Bertz CT molecular complexity index is 1600. The molecule has 0 saturated carbocycles. The molecule has 2 aromatic heterocycles. The van der Waals surface area contributed by atoms with Crippen molar-refractivity contribution in [2.24, 2.45) is 4.99 Å². The summed E-state index contributed by atoms with van der Waals surface area (Å²) in [5.41, 5.74) is 5.08. The van der Waals surface area contributed by atoms with E-state index in [0.29, 0.717) is 30.3 Å². The number of aliphatic imine (C=N–C) groups is 1. The molecular formula is C27H22N6O3S. The van der Waals surface area contributed by atoms with Crippen molar-refractivity contribution in [3.63, 3.8) is 0 Å². The Morgan fingerprint density at radius 3 is 2.76 bits per heavy atom. The third-order valence-electron chi connectivity index (χ3n) is 7.26. The van der Waals surface area contributed by atoms with Crippen LogP contribution in [0, 0.1) is 0 Å². The van der Waals surface area contributed by atoms with E-state index in [4.69, 9.17) is 21.9 Å². The Balaban J connectivity index is 1.35. The van der Waals surface area contributed by atoms with E-state index in [1.54, 1.807) is 16.8 Å². The van der Waals surface area contributed by atoms with Crippen LogP contribution in [-0.2, 0) is 20.7 Å². The number of hydrogen-bond acceptors (Lipinski definition) is 7. The summed E-state index contributed by atoms with van der Waals surface area (Å²) >= 11 is 5.95. The van der Waals surface area contributed by atoms with Crippen LogP contribution in [-0.4, -0.2) is 69.1 Å². The number of hydrogen-bond donors (Lipinski definition) is 1. The minimum absolute atomic E-state index is 0.0405. The lowest BCUT2D eigenvalue weighted by Gasteiger charge is -2.34. The molecule has 184 valence electrons. The number of rotatable bonds is 3. The van der Waals surface area contributed by atoms with Gasteiger partial charge in [-0.25, -0.2) is 4.98 Å². The number of aromatic nitrogens is 2. The lowest BCUT2D eigenvalue weighted by Crippen LogP contribution is -2.48. The third kappa shape index (κ3) is 3.36.